The number of carbonyl (C=O) groups is 2. The molecule has 2 aromatic carbocycles. The second-order valence-electron chi connectivity index (χ2n) is 9.91. The molecule has 0 aliphatic carbocycles. The van der Waals surface area contributed by atoms with Gasteiger partial charge in [0.25, 0.3) is 0 Å². The van der Waals surface area contributed by atoms with Crippen molar-refractivity contribution in [3.63, 3.8) is 0 Å². The van der Waals surface area contributed by atoms with Crippen molar-refractivity contribution in [3.8, 4) is 11.4 Å². The second kappa shape index (κ2) is 11.9. The van der Waals surface area contributed by atoms with E-state index >= 15 is 0 Å². The van der Waals surface area contributed by atoms with Crippen molar-refractivity contribution in [2.24, 2.45) is 0 Å². The van der Waals surface area contributed by atoms with Gasteiger partial charge in [-0.25, -0.2) is 9.48 Å². The summed E-state index contributed by atoms with van der Waals surface area (Å²) in [7, 11) is 3.17. The number of methoxy groups -OCH3 is 2. The van der Waals surface area contributed by atoms with Crippen LogP contribution in [0.25, 0.3) is 5.69 Å². The van der Waals surface area contributed by atoms with E-state index in [0.29, 0.717) is 18.1 Å². The molecule has 0 bridgehead atoms. The topological polar surface area (TPSA) is 97.7 Å². The summed E-state index contributed by atoms with van der Waals surface area (Å²) in [6.07, 6.45) is 0. The Morgan fingerprint density at radius 3 is 2.35 bits per heavy atom. The number of rotatable bonds is 9. The van der Waals surface area contributed by atoms with E-state index in [0.717, 1.165) is 28.3 Å². The third-order valence-corrected chi connectivity index (χ3v) is 6.10. The Balaban J connectivity index is 1.82. The predicted molar refractivity (Wildman–Crippen MR) is 146 cm³/mol. The molecule has 3 rings (SSSR count). The van der Waals surface area contributed by atoms with Gasteiger partial charge in [-0.1, -0.05) is 32.9 Å². The van der Waals surface area contributed by atoms with Crippen molar-refractivity contribution in [2.75, 3.05) is 44.5 Å². The number of anilines is 2. The first kappa shape index (κ1) is 27.7. The lowest BCUT2D eigenvalue weighted by Crippen LogP contribution is -2.42. The molecule has 0 fully saturated rings. The molecule has 1 heterocycles. The maximum atomic E-state index is 13.2. The number of ether oxygens (including phenoxy) is 2. The molecule has 2 N–H and O–H groups in total. The van der Waals surface area contributed by atoms with Crippen LogP contribution in [0.5, 0.6) is 5.75 Å². The molecule has 0 saturated heterocycles. The molecule has 0 unspecified atom stereocenters. The van der Waals surface area contributed by atoms with Crippen LogP contribution in [0.2, 0.25) is 0 Å². The number of carbonyl (C=O) groups excluding carboxylic acids is 2. The van der Waals surface area contributed by atoms with Gasteiger partial charge in [-0.2, -0.15) is 5.10 Å². The minimum absolute atomic E-state index is 0.154. The van der Waals surface area contributed by atoms with Crippen molar-refractivity contribution >= 4 is 23.4 Å². The number of benzene rings is 2. The fourth-order valence-electron chi connectivity index (χ4n) is 3.65. The van der Waals surface area contributed by atoms with Crippen LogP contribution >= 0.6 is 0 Å². The molecule has 0 radical (unpaired) electrons. The first-order valence-corrected chi connectivity index (χ1v) is 12.2. The third-order valence-electron chi connectivity index (χ3n) is 6.10. The van der Waals surface area contributed by atoms with Crippen LogP contribution in [-0.4, -0.2) is 60.5 Å². The first-order chi connectivity index (χ1) is 17.5. The van der Waals surface area contributed by atoms with Gasteiger partial charge in [0.1, 0.15) is 18.1 Å². The van der Waals surface area contributed by atoms with E-state index in [1.165, 1.54) is 4.90 Å². The molecule has 0 atom stereocenters. The normalized spacial score (nSPS) is 11.2. The maximum Gasteiger partial charge on any atom is 0.322 e. The van der Waals surface area contributed by atoms with E-state index in [2.05, 4.69) is 31.4 Å². The van der Waals surface area contributed by atoms with E-state index in [9.17, 15) is 9.59 Å². The zero-order valence-electron chi connectivity index (χ0n) is 22.7. The molecule has 1 aromatic heterocycles. The van der Waals surface area contributed by atoms with Crippen LogP contribution in [-0.2, 0) is 14.9 Å². The van der Waals surface area contributed by atoms with E-state index in [1.807, 2.05) is 62.4 Å². The van der Waals surface area contributed by atoms with Crippen molar-refractivity contribution in [1.82, 2.24) is 14.7 Å². The molecule has 9 nitrogen and oxygen atoms in total. The SMILES string of the molecule is COCCN(CC(=O)Nc1cc(C(C)(C)C)nn1-c1ccc(OC)cc1)C(=O)Nc1cccc(C)c1C. The summed E-state index contributed by atoms with van der Waals surface area (Å²) in [5, 5.41) is 10.6. The van der Waals surface area contributed by atoms with E-state index in [4.69, 9.17) is 14.6 Å². The molecule has 37 heavy (non-hydrogen) atoms. The number of aryl methyl sites for hydroxylation is 1. The third kappa shape index (κ3) is 7.10. The molecule has 0 spiro atoms. The fourth-order valence-corrected chi connectivity index (χ4v) is 3.65. The summed E-state index contributed by atoms with van der Waals surface area (Å²) in [5.74, 6) is 0.894. The van der Waals surface area contributed by atoms with Gasteiger partial charge in [-0.15, -0.1) is 0 Å². The summed E-state index contributed by atoms with van der Waals surface area (Å²) in [6.45, 7) is 10.5. The van der Waals surface area contributed by atoms with Gasteiger partial charge in [0.2, 0.25) is 5.91 Å². The summed E-state index contributed by atoms with van der Waals surface area (Å²) in [5.41, 5.74) is 4.12. The quantitative estimate of drug-likeness (QED) is 0.429. The van der Waals surface area contributed by atoms with Crippen LogP contribution in [0.1, 0.15) is 37.6 Å². The number of nitrogens with zero attached hydrogens (tertiary/aromatic N) is 3. The van der Waals surface area contributed by atoms with Crippen LogP contribution in [0.15, 0.2) is 48.5 Å². The highest BCUT2D eigenvalue weighted by Gasteiger charge is 2.23. The average molecular weight is 508 g/mol. The van der Waals surface area contributed by atoms with Crippen molar-refractivity contribution < 1.29 is 19.1 Å². The first-order valence-electron chi connectivity index (χ1n) is 12.2. The van der Waals surface area contributed by atoms with E-state index in [1.54, 1.807) is 18.9 Å². The Bertz CT molecular complexity index is 1230. The number of amides is 3. The smallest absolute Gasteiger partial charge is 0.322 e. The van der Waals surface area contributed by atoms with E-state index in [-0.39, 0.29) is 30.4 Å². The van der Waals surface area contributed by atoms with Gasteiger partial charge >= 0.3 is 6.03 Å². The van der Waals surface area contributed by atoms with Crippen molar-refractivity contribution in [1.29, 1.82) is 0 Å². The highest BCUT2D eigenvalue weighted by molar-refractivity contribution is 5.97. The Morgan fingerprint density at radius 2 is 1.73 bits per heavy atom. The van der Waals surface area contributed by atoms with E-state index < -0.39 is 0 Å². The Morgan fingerprint density at radius 1 is 1.03 bits per heavy atom. The molecule has 0 saturated carbocycles. The van der Waals surface area contributed by atoms with Crippen molar-refractivity contribution in [3.05, 3.63) is 65.4 Å². The highest BCUT2D eigenvalue weighted by atomic mass is 16.5. The highest BCUT2D eigenvalue weighted by Crippen LogP contribution is 2.27. The standard InChI is InChI=1S/C28H37N5O4/c1-19-9-8-10-23(20(19)2)29-27(35)32(15-16-36-6)18-26(34)30-25-17-24(28(3,4)5)31-33(25)21-11-13-22(37-7)14-12-21/h8-14,17H,15-16,18H2,1-7H3,(H,29,35)(H,30,34). The number of nitrogens with one attached hydrogen (secondary N) is 2. The van der Waals surface area contributed by atoms with Gasteiger partial charge in [-0.3, -0.25) is 4.79 Å². The van der Waals surface area contributed by atoms with Crippen LogP contribution < -0.4 is 15.4 Å². The number of hydrogen-bond acceptors (Lipinski definition) is 5. The van der Waals surface area contributed by atoms with Crippen LogP contribution in [0.4, 0.5) is 16.3 Å². The zero-order chi connectivity index (χ0) is 27.2. The van der Waals surface area contributed by atoms with Gasteiger partial charge in [0.15, 0.2) is 0 Å². The van der Waals surface area contributed by atoms with Gasteiger partial charge in [0.05, 0.1) is 25.1 Å². The van der Waals surface area contributed by atoms with Gasteiger partial charge in [0, 0.05) is 30.8 Å². The Hall–Kier alpha value is -3.85. The Kier molecular flexibility index (Phi) is 8.94. The van der Waals surface area contributed by atoms with Gasteiger partial charge in [-0.05, 0) is 55.3 Å². The van der Waals surface area contributed by atoms with Crippen molar-refractivity contribution in [2.45, 2.75) is 40.0 Å². The molecule has 0 aliphatic heterocycles. The molecule has 3 aromatic rings. The zero-order valence-corrected chi connectivity index (χ0v) is 22.7. The lowest BCUT2D eigenvalue weighted by molar-refractivity contribution is -0.116. The summed E-state index contributed by atoms with van der Waals surface area (Å²) >= 11 is 0. The summed E-state index contributed by atoms with van der Waals surface area (Å²) in [6, 6.07) is 14.6. The number of hydrogen-bond donors (Lipinski definition) is 2. The fraction of sp³-hybridized carbons (Fsp3) is 0.393. The van der Waals surface area contributed by atoms with Crippen LogP contribution in [0, 0.1) is 13.8 Å². The minimum atomic E-state index is -0.375. The molecule has 0 aliphatic rings. The Labute approximate surface area is 218 Å². The molecular formula is C28H37N5O4. The molecule has 9 heteroatoms. The minimum Gasteiger partial charge on any atom is -0.497 e. The molecule has 3 amide bonds. The number of urea groups is 1. The predicted octanol–water partition coefficient (Wildman–Crippen LogP) is 4.91. The monoisotopic (exact) mass is 507 g/mol. The molecule has 198 valence electrons. The number of aromatic nitrogens is 2. The maximum absolute atomic E-state index is 13.2. The second-order valence-corrected chi connectivity index (χ2v) is 9.91. The lowest BCUT2D eigenvalue weighted by Gasteiger charge is -2.23. The summed E-state index contributed by atoms with van der Waals surface area (Å²) < 4.78 is 12.1. The van der Waals surface area contributed by atoms with Gasteiger partial charge < -0.3 is 25.0 Å². The lowest BCUT2D eigenvalue weighted by atomic mass is 9.92. The summed E-state index contributed by atoms with van der Waals surface area (Å²) in [4.78, 5) is 27.7. The largest absolute Gasteiger partial charge is 0.497 e. The average Bonchev–Trinajstić information content (AvgIpc) is 3.28. The van der Waals surface area contributed by atoms with Crippen LogP contribution in [0.3, 0.4) is 0 Å². The molecular weight excluding hydrogens is 470 g/mol.